The molecule has 1 fully saturated rings. The van der Waals surface area contributed by atoms with Crippen molar-refractivity contribution in [2.75, 3.05) is 13.2 Å². The second-order valence-electron chi connectivity index (χ2n) is 8.28. The van der Waals surface area contributed by atoms with Crippen molar-refractivity contribution < 1.29 is 19.8 Å². The predicted octanol–water partition coefficient (Wildman–Crippen LogP) is 2.62. The zero-order valence-corrected chi connectivity index (χ0v) is 18.1. The summed E-state index contributed by atoms with van der Waals surface area (Å²) in [6, 6.07) is 6.22. The van der Waals surface area contributed by atoms with Crippen LogP contribution in [0, 0.1) is 5.92 Å². The van der Waals surface area contributed by atoms with E-state index in [9.17, 15) is 15.0 Å². The third-order valence-electron chi connectivity index (χ3n) is 5.98. The van der Waals surface area contributed by atoms with Crippen LogP contribution < -0.4 is 10.5 Å². The Morgan fingerprint density at radius 3 is 2.73 bits per heavy atom. The Bertz CT molecular complexity index is 1310. The second-order valence-corrected chi connectivity index (χ2v) is 8.28. The summed E-state index contributed by atoms with van der Waals surface area (Å²) in [7, 11) is 0. The van der Waals surface area contributed by atoms with E-state index in [1.807, 2.05) is 10.9 Å². The number of imidazole rings is 1. The summed E-state index contributed by atoms with van der Waals surface area (Å²) in [6.45, 7) is 4.05. The Labute approximate surface area is 189 Å². The Balaban J connectivity index is 1.43. The number of rotatable bonds is 6. The van der Waals surface area contributed by atoms with Gasteiger partial charge in [-0.1, -0.05) is 6.07 Å². The van der Waals surface area contributed by atoms with Gasteiger partial charge in [-0.3, -0.25) is 9.67 Å². The first kappa shape index (κ1) is 21.1. The quantitative estimate of drug-likeness (QED) is 0.411. The summed E-state index contributed by atoms with van der Waals surface area (Å²) in [5, 5.41) is 24.7. The molecule has 0 bridgehead atoms. The van der Waals surface area contributed by atoms with Crippen molar-refractivity contribution in [1.29, 1.82) is 0 Å². The first-order chi connectivity index (χ1) is 16.0. The number of phenolic OH excluding ortho intramolecular Hbond substituents is 2. The Morgan fingerprint density at radius 1 is 1.21 bits per heavy atom. The summed E-state index contributed by atoms with van der Waals surface area (Å²) in [4.78, 5) is 25.4. The minimum absolute atomic E-state index is 0.119. The van der Waals surface area contributed by atoms with Crippen molar-refractivity contribution in [1.82, 2.24) is 24.5 Å². The van der Waals surface area contributed by atoms with E-state index in [4.69, 9.17) is 9.57 Å². The largest absolute Gasteiger partial charge is 0.507 e. The standard InChI is InChI=1S/C23H25N5O5/c1-14(21-19(29)3-2-4-20(21)30)33-28-18-9-16(10-24-22(18)26-23(28)31)17-11-25-27(13-17)12-15-5-7-32-8-6-15/h2-4,9-11,13-15,29-30H,5-8,12H2,1H3,(H,24,26,31). The molecule has 4 aromatic rings. The first-order valence-corrected chi connectivity index (χ1v) is 10.9. The number of aromatic nitrogens is 5. The van der Waals surface area contributed by atoms with Gasteiger partial charge in [0.2, 0.25) is 0 Å². The lowest BCUT2D eigenvalue weighted by Crippen LogP contribution is -2.26. The van der Waals surface area contributed by atoms with Gasteiger partial charge in [-0.25, -0.2) is 9.78 Å². The van der Waals surface area contributed by atoms with Crippen molar-refractivity contribution in [3.05, 3.63) is 58.9 Å². The maximum Gasteiger partial charge on any atom is 0.360 e. The number of aromatic hydroxyl groups is 2. The number of H-pyrrole nitrogens is 1. The SMILES string of the molecule is CC(On1c(=O)[nH]c2ncc(-c3cnn(CC4CCOCC4)c3)cc21)c1c(O)cccc1O. The number of fused-ring (bicyclic) bond motifs is 1. The summed E-state index contributed by atoms with van der Waals surface area (Å²) < 4.78 is 8.45. The molecule has 1 saturated heterocycles. The van der Waals surface area contributed by atoms with Gasteiger partial charge in [0.05, 0.1) is 11.8 Å². The number of hydrogen-bond donors (Lipinski definition) is 3. The molecule has 1 aliphatic rings. The first-order valence-electron chi connectivity index (χ1n) is 10.9. The van der Waals surface area contributed by atoms with Crippen LogP contribution in [0.15, 0.2) is 47.7 Å². The average molecular weight is 451 g/mol. The molecule has 0 saturated carbocycles. The average Bonchev–Trinajstić information content (AvgIpc) is 3.38. The van der Waals surface area contributed by atoms with Gasteiger partial charge in [-0.2, -0.15) is 5.10 Å². The van der Waals surface area contributed by atoms with Gasteiger partial charge < -0.3 is 19.8 Å². The molecular weight excluding hydrogens is 426 g/mol. The van der Waals surface area contributed by atoms with Crippen molar-refractivity contribution >= 4 is 11.2 Å². The van der Waals surface area contributed by atoms with E-state index in [0.717, 1.165) is 48.5 Å². The number of aromatic amines is 1. The third-order valence-corrected chi connectivity index (χ3v) is 5.98. The van der Waals surface area contributed by atoms with Crippen LogP contribution >= 0.6 is 0 Å². The smallest absolute Gasteiger partial charge is 0.360 e. The van der Waals surface area contributed by atoms with Gasteiger partial charge >= 0.3 is 5.69 Å². The molecular formula is C23H25N5O5. The molecule has 0 aliphatic carbocycles. The number of nitrogens with one attached hydrogen (secondary N) is 1. The van der Waals surface area contributed by atoms with Crippen molar-refractivity contribution in [2.24, 2.45) is 5.92 Å². The van der Waals surface area contributed by atoms with Crippen molar-refractivity contribution in [3.8, 4) is 22.6 Å². The summed E-state index contributed by atoms with van der Waals surface area (Å²) in [5.41, 5.74) is 2.16. The van der Waals surface area contributed by atoms with E-state index in [1.165, 1.54) is 18.2 Å². The number of nitrogens with zero attached hydrogens (tertiary/aromatic N) is 4. The van der Waals surface area contributed by atoms with Crippen LogP contribution in [-0.4, -0.2) is 47.9 Å². The van der Waals surface area contributed by atoms with Crippen LogP contribution in [-0.2, 0) is 11.3 Å². The number of pyridine rings is 1. The Hall–Kier alpha value is -3.79. The molecule has 1 aromatic carbocycles. The van der Waals surface area contributed by atoms with Gasteiger partial charge in [0.1, 0.15) is 17.0 Å². The van der Waals surface area contributed by atoms with Gasteiger partial charge in [0, 0.05) is 43.3 Å². The second kappa shape index (κ2) is 8.62. The predicted molar refractivity (Wildman–Crippen MR) is 120 cm³/mol. The molecule has 1 atom stereocenters. The van der Waals surface area contributed by atoms with E-state index in [0.29, 0.717) is 17.1 Å². The van der Waals surface area contributed by atoms with E-state index in [2.05, 4.69) is 15.1 Å². The van der Waals surface area contributed by atoms with Crippen molar-refractivity contribution in [2.45, 2.75) is 32.4 Å². The van der Waals surface area contributed by atoms with Gasteiger partial charge in [0.15, 0.2) is 11.8 Å². The zero-order valence-electron chi connectivity index (χ0n) is 18.1. The van der Waals surface area contributed by atoms with Crippen LogP contribution in [0.25, 0.3) is 22.3 Å². The van der Waals surface area contributed by atoms with Crippen LogP contribution in [0.3, 0.4) is 0 Å². The molecule has 0 spiro atoms. The van der Waals surface area contributed by atoms with Crippen LogP contribution in [0.4, 0.5) is 0 Å². The fraction of sp³-hybridized carbons (Fsp3) is 0.348. The minimum Gasteiger partial charge on any atom is -0.507 e. The van der Waals surface area contributed by atoms with Gasteiger partial charge in [0.25, 0.3) is 0 Å². The molecule has 10 nitrogen and oxygen atoms in total. The summed E-state index contributed by atoms with van der Waals surface area (Å²) in [5.74, 6) is 0.306. The van der Waals surface area contributed by atoms with E-state index in [1.54, 1.807) is 25.4 Å². The molecule has 0 amide bonds. The topological polar surface area (TPSA) is 127 Å². The summed E-state index contributed by atoms with van der Waals surface area (Å²) >= 11 is 0. The van der Waals surface area contributed by atoms with E-state index >= 15 is 0 Å². The highest BCUT2D eigenvalue weighted by Crippen LogP contribution is 2.33. The molecule has 10 heteroatoms. The van der Waals surface area contributed by atoms with Crippen LogP contribution in [0.5, 0.6) is 11.5 Å². The highest BCUT2D eigenvalue weighted by atomic mass is 16.7. The van der Waals surface area contributed by atoms with Crippen molar-refractivity contribution in [3.63, 3.8) is 0 Å². The zero-order chi connectivity index (χ0) is 22.9. The maximum atomic E-state index is 12.5. The number of benzene rings is 1. The van der Waals surface area contributed by atoms with Gasteiger partial charge in [-0.05, 0) is 43.9 Å². The lowest BCUT2D eigenvalue weighted by atomic mass is 10.0. The highest BCUT2D eigenvalue weighted by Gasteiger charge is 2.20. The van der Waals surface area contributed by atoms with E-state index < -0.39 is 11.8 Å². The molecule has 5 rings (SSSR count). The van der Waals surface area contributed by atoms with Gasteiger partial charge in [-0.15, -0.1) is 4.73 Å². The van der Waals surface area contributed by atoms with E-state index in [-0.39, 0.29) is 17.1 Å². The Kier molecular flexibility index (Phi) is 5.51. The molecule has 4 heterocycles. The molecule has 3 aromatic heterocycles. The molecule has 1 unspecified atom stereocenters. The third kappa shape index (κ3) is 4.17. The maximum absolute atomic E-state index is 12.5. The molecule has 172 valence electrons. The normalized spacial score (nSPS) is 15.7. The molecule has 3 N–H and O–H groups in total. The fourth-order valence-corrected chi connectivity index (χ4v) is 4.20. The molecule has 33 heavy (non-hydrogen) atoms. The monoisotopic (exact) mass is 451 g/mol. The van der Waals surface area contributed by atoms with Crippen LogP contribution in [0.1, 0.15) is 31.4 Å². The van der Waals surface area contributed by atoms with Crippen LogP contribution in [0.2, 0.25) is 0 Å². The fourth-order valence-electron chi connectivity index (χ4n) is 4.20. The lowest BCUT2D eigenvalue weighted by molar-refractivity contribution is 0.0464. The molecule has 0 radical (unpaired) electrons. The highest BCUT2D eigenvalue weighted by molar-refractivity contribution is 5.77. The minimum atomic E-state index is -0.797. The number of hydrogen-bond acceptors (Lipinski definition) is 7. The number of ether oxygens (including phenoxy) is 1. The Morgan fingerprint density at radius 2 is 1.97 bits per heavy atom. The summed E-state index contributed by atoms with van der Waals surface area (Å²) in [6.07, 6.45) is 6.68. The lowest BCUT2D eigenvalue weighted by Gasteiger charge is -2.21. The number of phenols is 2. The molecule has 1 aliphatic heterocycles.